The first-order valence-electron chi connectivity index (χ1n) is 39.8. The SMILES string of the molecule is Cc1ccc2c(c1)-c1ccccc1C2(C)C.Cc1ccc2c(c1)C(C)(C)c1ccccc1-2.Cc1ccc2c(c1)c1ccccc1n2-c1ccccc1.Cc1ccc2oc3ccccc3c2c1.Cc1ccc2sc3ccccc3c2c1.Cc1cccc2c1sc1ccccc12.Cc1ccccn1.Cn1c2ccccc2c2ccccc21. The van der Waals surface area contributed by atoms with Gasteiger partial charge in [-0.15, -0.1) is 22.7 Å². The molecule has 6 heteroatoms. The van der Waals surface area contributed by atoms with E-state index in [9.17, 15) is 0 Å². The number of nitrogens with zero attached hydrogens (tertiary/aromatic N) is 3. The van der Waals surface area contributed by atoms with E-state index in [2.05, 4.69) is 400 Å². The molecule has 0 bridgehead atoms. The van der Waals surface area contributed by atoms with Gasteiger partial charge in [-0.05, 0) is 196 Å². The third-order valence-electron chi connectivity index (χ3n) is 22.6. The molecule has 0 N–H and O–H groups in total. The van der Waals surface area contributed by atoms with Crippen LogP contribution >= 0.6 is 22.7 Å². The summed E-state index contributed by atoms with van der Waals surface area (Å²) in [6, 6.07) is 125. The number of fused-ring (bicyclic) bond motifs is 21. The second kappa shape index (κ2) is 32.8. The van der Waals surface area contributed by atoms with Crippen molar-refractivity contribution < 1.29 is 4.42 Å². The Hall–Kier alpha value is -12.7. The Labute approximate surface area is 683 Å². The van der Waals surface area contributed by atoms with Gasteiger partial charge in [0.25, 0.3) is 0 Å². The number of hydrogen-bond acceptors (Lipinski definition) is 4. The van der Waals surface area contributed by atoms with Crippen LogP contribution in [0.1, 0.15) is 89.0 Å². The topological polar surface area (TPSA) is 35.9 Å². The summed E-state index contributed by atoms with van der Waals surface area (Å²) < 4.78 is 15.9. The average Bonchev–Trinajstić information content (AvgIpc) is 1.45. The highest BCUT2D eigenvalue weighted by Gasteiger charge is 2.36. The van der Waals surface area contributed by atoms with Crippen molar-refractivity contribution in [1.29, 1.82) is 0 Å². The molecule has 0 spiro atoms. The third-order valence-corrected chi connectivity index (χ3v) is 25.1. The largest absolute Gasteiger partial charge is 0.456 e. The predicted octanol–water partition coefficient (Wildman–Crippen LogP) is 31.0. The molecule has 0 fully saturated rings. The van der Waals surface area contributed by atoms with E-state index in [0.717, 1.165) is 16.9 Å². The summed E-state index contributed by atoms with van der Waals surface area (Å²) in [5.41, 5.74) is 29.1. The fourth-order valence-electron chi connectivity index (χ4n) is 16.7. The lowest BCUT2D eigenvalue weighted by atomic mass is 9.82. The van der Waals surface area contributed by atoms with Crippen LogP contribution in [0.3, 0.4) is 0 Å². The minimum absolute atomic E-state index is 0.151. The van der Waals surface area contributed by atoms with E-state index >= 15 is 0 Å². The Morgan fingerprint density at radius 3 is 1.37 bits per heavy atom. The van der Waals surface area contributed by atoms with Crippen molar-refractivity contribution >= 4 is 129 Å². The maximum atomic E-state index is 5.71. The highest BCUT2D eigenvalue weighted by molar-refractivity contribution is 7.26. The molecular formula is C109H95N3OS2. The molecule has 15 aromatic carbocycles. The van der Waals surface area contributed by atoms with Gasteiger partial charge < -0.3 is 13.6 Å². The minimum atomic E-state index is 0.151. The quantitative estimate of drug-likeness (QED) is 0.164. The Kier molecular flexibility index (Phi) is 21.7. The van der Waals surface area contributed by atoms with E-state index in [0.29, 0.717) is 0 Å². The first-order chi connectivity index (χ1) is 55.9. The maximum Gasteiger partial charge on any atom is 0.135 e. The average molecular weight is 1530 g/mol. The fraction of sp³-hybridized carbons (Fsp3) is 0.128. The van der Waals surface area contributed by atoms with Crippen molar-refractivity contribution in [2.24, 2.45) is 7.05 Å². The van der Waals surface area contributed by atoms with Gasteiger partial charge in [0.15, 0.2) is 0 Å². The van der Waals surface area contributed by atoms with Crippen LogP contribution in [0.4, 0.5) is 0 Å². The minimum Gasteiger partial charge on any atom is -0.456 e. The molecule has 2 aliphatic carbocycles. The highest BCUT2D eigenvalue weighted by Crippen LogP contribution is 2.50. The van der Waals surface area contributed by atoms with E-state index in [1.54, 1.807) is 6.20 Å². The number of thiophene rings is 2. The first-order valence-corrected chi connectivity index (χ1v) is 41.4. The zero-order chi connectivity index (χ0) is 79.5. The van der Waals surface area contributed by atoms with Gasteiger partial charge in [-0.2, -0.15) is 0 Å². The first kappa shape index (κ1) is 76.3. The molecule has 564 valence electrons. The molecule has 0 atom stereocenters. The number of para-hydroxylation sites is 5. The monoisotopic (exact) mass is 1530 g/mol. The standard InChI is InChI=1S/C19H15N.2C16H16.C13H11N.C13H10O.2C13H10S.C6H7N/c1-14-11-12-19-17(13-14)16-9-5-6-10-18(16)20(19)15-7-3-2-4-8-15;1-11-8-9-15-13(10-11)12-6-4-5-7-14(12)16(15,2)3;1-11-8-9-13-12-6-4-5-7-14(12)16(2,3)15(13)10-11;1-14-12-8-4-2-6-10(12)11-7-3-5-9-13(11)14;1-9-6-7-13-11(8-9)10-4-2-3-5-12(10)14-13;1-9-5-4-7-11-10-6-2-3-8-12(10)14-13(9)11;1-9-6-7-13-11(8-9)10-4-2-3-5-12(10)14-13;1-6-4-2-3-5-7-6/h2-13H,1H3;2*4-10H,1-3H3;2-9H,1H3;3*2-8H,1H3;2-5H,1H3. The van der Waals surface area contributed by atoms with E-state index in [1.807, 2.05) is 72.1 Å². The molecular weight excluding hydrogens is 1430 g/mol. The van der Waals surface area contributed by atoms with Crippen molar-refractivity contribution in [1.82, 2.24) is 14.1 Å². The van der Waals surface area contributed by atoms with Crippen LogP contribution in [0.5, 0.6) is 0 Å². The maximum absolute atomic E-state index is 5.71. The number of furan rings is 1. The summed E-state index contributed by atoms with van der Waals surface area (Å²) in [7, 11) is 2.12. The van der Waals surface area contributed by atoms with Gasteiger partial charge in [-0.3, -0.25) is 4.98 Å². The van der Waals surface area contributed by atoms with Crippen LogP contribution in [0.15, 0.2) is 362 Å². The van der Waals surface area contributed by atoms with Gasteiger partial charge in [-0.1, -0.05) is 310 Å². The summed E-state index contributed by atoms with van der Waals surface area (Å²) in [6.07, 6.45) is 1.79. The second-order valence-electron chi connectivity index (χ2n) is 31.5. The van der Waals surface area contributed by atoms with Crippen molar-refractivity contribution in [2.75, 3.05) is 0 Å². The number of aromatic nitrogens is 3. The normalized spacial score (nSPS) is 12.3. The summed E-state index contributed by atoms with van der Waals surface area (Å²) in [5.74, 6) is 0. The molecule has 0 amide bonds. The third kappa shape index (κ3) is 15.4. The molecule has 0 unspecified atom stereocenters. The fourth-order valence-corrected chi connectivity index (χ4v) is 19.0. The lowest BCUT2D eigenvalue weighted by Crippen LogP contribution is -2.14. The van der Waals surface area contributed by atoms with Gasteiger partial charge in [0.1, 0.15) is 11.2 Å². The van der Waals surface area contributed by atoms with Crippen molar-refractivity contribution in [3.63, 3.8) is 0 Å². The summed E-state index contributed by atoms with van der Waals surface area (Å²) >= 11 is 3.76. The molecule has 115 heavy (non-hydrogen) atoms. The van der Waals surface area contributed by atoms with E-state index in [-0.39, 0.29) is 10.8 Å². The highest BCUT2D eigenvalue weighted by atomic mass is 32.1. The van der Waals surface area contributed by atoms with E-state index < -0.39 is 0 Å². The molecule has 0 saturated carbocycles. The predicted molar refractivity (Wildman–Crippen MR) is 499 cm³/mol. The second-order valence-corrected chi connectivity index (χ2v) is 33.6. The molecule has 6 aromatic heterocycles. The molecule has 21 aromatic rings. The van der Waals surface area contributed by atoms with Crippen LogP contribution in [-0.2, 0) is 17.9 Å². The van der Waals surface area contributed by atoms with Gasteiger partial charge in [0.05, 0.1) is 11.0 Å². The summed E-state index contributed by atoms with van der Waals surface area (Å²) in [4.78, 5) is 3.98. The van der Waals surface area contributed by atoms with Gasteiger partial charge in [0.2, 0.25) is 0 Å². The number of benzene rings is 15. The summed E-state index contributed by atoms with van der Waals surface area (Å²) in [5, 5.41) is 13.3. The molecule has 0 radical (unpaired) electrons. The molecule has 23 rings (SSSR count). The Morgan fingerprint density at radius 1 is 0.278 bits per heavy atom. The number of aryl methyl sites for hydroxylation is 8. The summed E-state index contributed by atoms with van der Waals surface area (Å²) in [6.45, 7) is 24.1. The van der Waals surface area contributed by atoms with Crippen LogP contribution in [0, 0.1) is 48.5 Å². The number of hydrogen-bond donors (Lipinski definition) is 0. The zero-order valence-corrected chi connectivity index (χ0v) is 69.3. The molecule has 0 aliphatic heterocycles. The van der Waals surface area contributed by atoms with Crippen molar-refractivity contribution in [3.05, 3.63) is 419 Å². The van der Waals surface area contributed by atoms with E-state index in [4.69, 9.17) is 4.42 Å². The van der Waals surface area contributed by atoms with E-state index in [1.165, 1.54) is 178 Å². The molecule has 0 saturated heterocycles. The van der Waals surface area contributed by atoms with Crippen LogP contribution < -0.4 is 0 Å². The Bertz CT molecular complexity index is 6890. The Morgan fingerprint density at radius 2 is 0.713 bits per heavy atom. The van der Waals surface area contributed by atoms with Gasteiger partial charge in [-0.25, -0.2) is 0 Å². The van der Waals surface area contributed by atoms with Gasteiger partial charge in [0, 0.05) is 119 Å². The lowest BCUT2D eigenvalue weighted by Gasteiger charge is -2.21. The van der Waals surface area contributed by atoms with Crippen molar-refractivity contribution in [3.8, 4) is 27.9 Å². The van der Waals surface area contributed by atoms with Crippen LogP contribution in [0.25, 0.3) is 134 Å². The molecule has 6 heterocycles. The number of rotatable bonds is 1. The van der Waals surface area contributed by atoms with Crippen molar-refractivity contribution in [2.45, 2.75) is 87.0 Å². The smallest absolute Gasteiger partial charge is 0.135 e. The Balaban J connectivity index is 0.0000000997. The number of pyridine rings is 1. The van der Waals surface area contributed by atoms with Crippen LogP contribution in [-0.4, -0.2) is 14.1 Å². The zero-order valence-electron chi connectivity index (χ0n) is 67.6. The molecule has 2 aliphatic rings. The molecule has 4 nitrogen and oxygen atoms in total. The lowest BCUT2D eigenvalue weighted by molar-refractivity contribution is 0.659. The van der Waals surface area contributed by atoms with Gasteiger partial charge >= 0.3 is 0 Å². The van der Waals surface area contributed by atoms with Crippen LogP contribution in [0.2, 0.25) is 0 Å².